The van der Waals surface area contributed by atoms with Crippen molar-refractivity contribution >= 4 is 5.97 Å². The van der Waals surface area contributed by atoms with Gasteiger partial charge in [0.2, 0.25) is 0 Å². The van der Waals surface area contributed by atoms with Crippen LogP contribution in [0.2, 0.25) is 0 Å². The molecule has 4 heteroatoms. The van der Waals surface area contributed by atoms with Gasteiger partial charge in [0, 0.05) is 6.54 Å². The molecule has 1 heterocycles. The molecule has 1 saturated heterocycles. The number of esters is 1. The van der Waals surface area contributed by atoms with Crippen LogP contribution in [0.5, 0.6) is 0 Å². The third-order valence-corrected chi connectivity index (χ3v) is 3.01. The van der Waals surface area contributed by atoms with Crippen molar-refractivity contribution in [1.29, 1.82) is 0 Å². The van der Waals surface area contributed by atoms with Crippen molar-refractivity contribution in [3.8, 4) is 0 Å². The average Bonchev–Trinajstić information content (AvgIpc) is 2.41. The molecule has 1 rings (SSSR count). The Bertz CT molecular complexity index is 220. The summed E-state index contributed by atoms with van der Waals surface area (Å²) in [7, 11) is 0. The molecular formula is C11H21NO3. The van der Waals surface area contributed by atoms with Crippen LogP contribution >= 0.6 is 0 Å². The molecule has 1 aliphatic rings. The zero-order chi connectivity index (χ0) is 11.3. The van der Waals surface area contributed by atoms with Gasteiger partial charge in [0.05, 0.1) is 6.61 Å². The Labute approximate surface area is 91.2 Å². The van der Waals surface area contributed by atoms with Crippen molar-refractivity contribution in [2.75, 3.05) is 26.2 Å². The molecule has 15 heavy (non-hydrogen) atoms. The molecule has 1 N–H and O–H groups in total. The Hall–Kier alpha value is -0.610. The maximum atomic E-state index is 11.6. The second kappa shape index (κ2) is 5.47. The molecule has 0 radical (unpaired) electrons. The molecule has 0 aromatic carbocycles. The summed E-state index contributed by atoms with van der Waals surface area (Å²) in [6, 6.07) is 0. The first kappa shape index (κ1) is 12.5. The number of rotatable bonds is 3. The van der Waals surface area contributed by atoms with E-state index in [-0.39, 0.29) is 0 Å². The van der Waals surface area contributed by atoms with E-state index in [0.29, 0.717) is 19.4 Å². The molecule has 1 aliphatic heterocycles. The van der Waals surface area contributed by atoms with Gasteiger partial charge >= 0.3 is 5.97 Å². The van der Waals surface area contributed by atoms with E-state index in [0.717, 1.165) is 26.1 Å². The highest BCUT2D eigenvalue weighted by atomic mass is 16.5. The number of hydrogen-bond acceptors (Lipinski definition) is 4. The minimum Gasteiger partial charge on any atom is -0.464 e. The lowest BCUT2D eigenvalue weighted by molar-refractivity contribution is -0.166. The summed E-state index contributed by atoms with van der Waals surface area (Å²) >= 11 is 0. The van der Waals surface area contributed by atoms with Gasteiger partial charge in [-0.2, -0.15) is 0 Å². The van der Waals surface area contributed by atoms with E-state index in [4.69, 9.17) is 4.74 Å². The van der Waals surface area contributed by atoms with Gasteiger partial charge in [-0.25, -0.2) is 4.79 Å². The molecule has 0 saturated carbocycles. The molecule has 0 aliphatic carbocycles. The molecule has 1 unspecified atom stereocenters. The number of hydrogen-bond donors (Lipinski definition) is 1. The first-order valence-corrected chi connectivity index (χ1v) is 5.74. The summed E-state index contributed by atoms with van der Waals surface area (Å²) in [5.41, 5.74) is -1.25. The zero-order valence-corrected chi connectivity index (χ0v) is 9.66. The fourth-order valence-electron chi connectivity index (χ4n) is 1.96. The number of nitrogens with zero attached hydrogens (tertiary/aromatic N) is 1. The summed E-state index contributed by atoms with van der Waals surface area (Å²) in [6.07, 6.45) is 1.85. The Morgan fingerprint density at radius 1 is 1.40 bits per heavy atom. The molecule has 0 aromatic rings. The molecule has 1 fully saturated rings. The molecule has 1 atom stereocenters. The minimum absolute atomic E-state index is 0.332. The SMILES string of the molecule is CCOC(=O)C1(O)CCCN(CC)CC1. The predicted octanol–water partition coefficient (Wildman–Crippen LogP) is 0.786. The van der Waals surface area contributed by atoms with E-state index in [1.165, 1.54) is 0 Å². The number of aliphatic hydroxyl groups is 1. The lowest BCUT2D eigenvalue weighted by Gasteiger charge is -2.24. The maximum absolute atomic E-state index is 11.6. The minimum atomic E-state index is -1.25. The summed E-state index contributed by atoms with van der Waals surface area (Å²) in [6.45, 7) is 6.88. The van der Waals surface area contributed by atoms with Crippen LogP contribution in [-0.2, 0) is 9.53 Å². The quantitative estimate of drug-likeness (QED) is 0.707. The summed E-state index contributed by atoms with van der Waals surface area (Å²) in [4.78, 5) is 13.8. The molecule has 4 nitrogen and oxygen atoms in total. The normalized spacial score (nSPS) is 28.5. The highest BCUT2D eigenvalue weighted by molar-refractivity contribution is 5.79. The topological polar surface area (TPSA) is 49.8 Å². The van der Waals surface area contributed by atoms with Crippen LogP contribution in [0.4, 0.5) is 0 Å². The monoisotopic (exact) mass is 215 g/mol. The van der Waals surface area contributed by atoms with E-state index >= 15 is 0 Å². The van der Waals surface area contributed by atoms with Crippen LogP contribution in [0.3, 0.4) is 0 Å². The lowest BCUT2D eigenvalue weighted by Crippen LogP contribution is -2.41. The third-order valence-electron chi connectivity index (χ3n) is 3.01. The second-order valence-electron chi connectivity index (χ2n) is 4.04. The zero-order valence-electron chi connectivity index (χ0n) is 9.66. The number of carbonyl (C=O) groups is 1. The van der Waals surface area contributed by atoms with E-state index in [1.54, 1.807) is 6.92 Å². The summed E-state index contributed by atoms with van der Waals surface area (Å²) < 4.78 is 4.90. The van der Waals surface area contributed by atoms with Crippen molar-refractivity contribution in [2.24, 2.45) is 0 Å². The smallest absolute Gasteiger partial charge is 0.338 e. The van der Waals surface area contributed by atoms with Crippen LogP contribution in [0.1, 0.15) is 33.1 Å². The standard InChI is InChI=1S/C11H21NO3/c1-3-12-8-5-6-11(14,7-9-12)10(13)15-4-2/h14H,3-9H2,1-2H3. The fourth-order valence-corrected chi connectivity index (χ4v) is 1.96. The predicted molar refractivity (Wildman–Crippen MR) is 57.5 cm³/mol. The second-order valence-corrected chi connectivity index (χ2v) is 4.04. The molecule has 0 amide bonds. The van der Waals surface area contributed by atoms with Crippen molar-refractivity contribution in [3.63, 3.8) is 0 Å². The van der Waals surface area contributed by atoms with E-state index in [9.17, 15) is 9.90 Å². The Kier molecular flexibility index (Phi) is 4.54. The summed E-state index contributed by atoms with van der Waals surface area (Å²) in [5, 5.41) is 10.2. The number of ether oxygens (including phenoxy) is 1. The Morgan fingerprint density at radius 3 is 2.73 bits per heavy atom. The van der Waals surface area contributed by atoms with Crippen LogP contribution < -0.4 is 0 Å². The van der Waals surface area contributed by atoms with Gasteiger partial charge in [0.25, 0.3) is 0 Å². The van der Waals surface area contributed by atoms with Crippen molar-refractivity contribution < 1.29 is 14.6 Å². The highest BCUT2D eigenvalue weighted by Crippen LogP contribution is 2.23. The van der Waals surface area contributed by atoms with Gasteiger partial charge in [0.15, 0.2) is 5.60 Å². The molecule has 0 spiro atoms. The molecular weight excluding hydrogens is 194 g/mol. The van der Waals surface area contributed by atoms with Gasteiger partial charge in [-0.15, -0.1) is 0 Å². The van der Waals surface area contributed by atoms with Crippen LogP contribution in [0.25, 0.3) is 0 Å². The van der Waals surface area contributed by atoms with Gasteiger partial charge in [0.1, 0.15) is 0 Å². The average molecular weight is 215 g/mol. The first-order valence-electron chi connectivity index (χ1n) is 5.74. The molecule has 88 valence electrons. The van der Waals surface area contributed by atoms with E-state index in [1.807, 2.05) is 0 Å². The maximum Gasteiger partial charge on any atom is 0.338 e. The first-order chi connectivity index (χ1) is 7.12. The van der Waals surface area contributed by atoms with E-state index < -0.39 is 11.6 Å². The van der Waals surface area contributed by atoms with Crippen molar-refractivity contribution in [3.05, 3.63) is 0 Å². The van der Waals surface area contributed by atoms with Gasteiger partial charge < -0.3 is 14.7 Å². The van der Waals surface area contributed by atoms with Crippen LogP contribution in [0, 0.1) is 0 Å². The molecule has 0 aromatic heterocycles. The van der Waals surface area contributed by atoms with E-state index in [2.05, 4.69) is 11.8 Å². The van der Waals surface area contributed by atoms with Crippen LogP contribution in [0.15, 0.2) is 0 Å². The fraction of sp³-hybridized carbons (Fsp3) is 0.909. The number of likely N-dealkylation sites (tertiary alicyclic amines) is 1. The highest BCUT2D eigenvalue weighted by Gasteiger charge is 2.38. The van der Waals surface area contributed by atoms with Crippen molar-refractivity contribution in [2.45, 2.75) is 38.7 Å². The van der Waals surface area contributed by atoms with Gasteiger partial charge in [-0.3, -0.25) is 0 Å². The van der Waals surface area contributed by atoms with Gasteiger partial charge in [-0.05, 0) is 39.3 Å². The van der Waals surface area contributed by atoms with Gasteiger partial charge in [-0.1, -0.05) is 6.92 Å². The van der Waals surface area contributed by atoms with Crippen LogP contribution in [-0.4, -0.2) is 47.8 Å². The largest absolute Gasteiger partial charge is 0.464 e. The lowest BCUT2D eigenvalue weighted by atomic mass is 9.95. The Balaban J connectivity index is 2.57. The number of carbonyl (C=O) groups excluding carboxylic acids is 1. The summed E-state index contributed by atoms with van der Waals surface area (Å²) in [5.74, 6) is -0.456. The Morgan fingerprint density at radius 2 is 2.13 bits per heavy atom. The van der Waals surface area contributed by atoms with Crippen molar-refractivity contribution in [1.82, 2.24) is 4.90 Å². The molecule has 0 bridgehead atoms. The third kappa shape index (κ3) is 3.18.